The van der Waals surface area contributed by atoms with Gasteiger partial charge >= 0.3 is 5.97 Å². The molecule has 116 valence electrons. The number of benzene rings is 2. The van der Waals surface area contributed by atoms with Crippen LogP contribution in [-0.2, 0) is 9.53 Å². The lowest BCUT2D eigenvalue weighted by Crippen LogP contribution is -2.05. The first-order valence-corrected chi connectivity index (χ1v) is 7.60. The molecule has 0 heterocycles. The normalized spacial score (nSPS) is 11.6. The molecular formula is C18H21NO3. The van der Waals surface area contributed by atoms with Crippen LogP contribution in [0.3, 0.4) is 0 Å². The lowest BCUT2D eigenvalue weighted by molar-refractivity contribution is -0.143. The molecule has 1 N–H and O–H groups in total. The Morgan fingerprint density at radius 1 is 1.09 bits per heavy atom. The van der Waals surface area contributed by atoms with Gasteiger partial charge in [-0.3, -0.25) is 4.79 Å². The number of carbonyl (C=O) groups excluding carboxylic acids is 1. The van der Waals surface area contributed by atoms with Crippen molar-refractivity contribution in [3.63, 3.8) is 0 Å². The third kappa shape index (κ3) is 4.32. The zero-order valence-corrected chi connectivity index (χ0v) is 12.8. The first-order valence-electron chi connectivity index (χ1n) is 7.60. The lowest BCUT2D eigenvalue weighted by Gasteiger charge is -2.06. The summed E-state index contributed by atoms with van der Waals surface area (Å²) in [6.07, 6.45) is 2.55. The number of esters is 1. The van der Waals surface area contributed by atoms with Gasteiger partial charge in [0, 0.05) is 6.42 Å². The number of ether oxygens (including phenoxy) is 1. The summed E-state index contributed by atoms with van der Waals surface area (Å²) in [6.45, 7) is 2.22. The highest BCUT2D eigenvalue weighted by molar-refractivity contribution is 6.03. The summed E-state index contributed by atoms with van der Waals surface area (Å²) in [5.41, 5.74) is 1.56. The van der Waals surface area contributed by atoms with Gasteiger partial charge in [0.15, 0.2) is 0 Å². The van der Waals surface area contributed by atoms with E-state index >= 15 is 0 Å². The molecule has 0 unspecified atom stereocenters. The summed E-state index contributed by atoms with van der Waals surface area (Å²) in [5.74, 6) is -0.171. The van der Waals surface area contributed by atoms with Gasteiger partial charge in [-0.05, 0) is 48.6 Å². The number of rotatable bonds is 7. The van der Waals surface area contributed by atoms with E-state index in [1.165, 1.54) is 0 Å². The van der Waals surface area contributed by atoms with Crippen molar-refractivity contribution < 1.29 is 14.7 Å². The molecule has 0 fully saturated rings. The first kappa shape index (κ1) is 16.0. The van der Waals surface area contributed by atoms with E-state index in [1.807, 2.05) is 42.5 Å². The molecule has 0 saturated heterocycles. The Hall–Kier alpha value is -2.36. The Morgan fingerprint density at radius 3 is 2.55 bits per heavy atom. The van der Waals surface area contributed by atoms with Gasteiger partial charge in [0.2, 0.25) is 0 Å². The van der Waals surface area contributed by atoms with Crippen molar-refractivity contribution in [2.24, 2.45) is 5.16 Å². The van der Waals surface area contributed by atoms with E-state index in [4.69, 9.17) is 4.74 Å². The van der Waals surface area contributed by atoms with Gasteiger partial charge < -0.3 is 9.94 Å². The average Bonchev–Trinajstić information content (AvgIpc) is 2.55. The minimum absolute atomic E-state index is 0.171. The molecule has 2 aromatic rings. The van der Waals surface area contributed by atoms with E-state index in [0.29, 0.717) is 25.2 Å². The van der Waals surface area contributed by atoms with Gasteiger partial charge in [-0.2, -0.15) is 0 Å². The summed E-state index contributed by atoms with van der Waals surface area (Å²) in [5, 5.41) is 14.9. The Morgan fingerprint density at radius 2 is 1.82 bits per heavy atom. The van der Waals surface area contributed by atoms with E-state index in [-0.39, 0.29) is 5.97 Å². The second kappa shape index (κ2) is 8.17. The third-order valence-electron chi connectivity index (χ3n) is 3.55. The minimum Gasteiger partial charge on any atom is -0.466 e. The monoisotopic (exact) mass is 299 g/mol. The summed E-state index contributed by atoms with van der Waals surface area (Å²) < 4.78 is 4.89. The van der Waals surface area contributed by atoms with Crippen LogP contribution in [0.5, 0.6) is 0 Å². The van der Waals surface area contributed by atoms with Crippen LogP contribution in [-0.4, -0.2) is 23.5 Å². The minimum atomic E-state index is -0.171. The number of carbonyl (C=O) groups is 1. The molecule has 0 aliphatic heterocycles. The number of hydrogen-bond donors (Lipinski definition) is 1. The highest BCUT2D eigenvalue weighted by atomic mass is 16.5. The van der Waals surface area contributed by atoms with E-state index in [0.717, 1.165) is 29.2 Å². The molecule has 0 aromatic heterocycles. The zero-order chi connectivity index (χ0) is 15.8. The zero-order valence-electron chi connectivity index (χ0n) is 12.8. The van der Waals surface area contributed by atoms with E-state index < -0.39 is 0 Å². The highest BCUT2D eigenvalue weighted by Crippen LogP contribution is 2.18. The van der Waals surface area contributed by atoms with Crippen molar-refractivity contribution in [2.75, 3.05) is 6.61 Å². The van der Waals surface area contributed by atoms with Crippen molar-refractivity contribution in [2.45, 2.75) is 32.6 Å². The standard InChI is InChI=1S/C18H21NO3/c1-2-22-18(20)10-6-5-9-17(19-21)16-12-11-14-7-3-4-8-15(14)13-16/h3-4,7-8,11-13,21H,2,5-6,9-10H2,1H3/b19-17+. The quantitative estimate of drug-likeness (QED) is 0.275. The molecule has 2 rings (SSSR count). The van der Waals surface area contributed by atoms with E-state index in [1.54, 1.807) is 6.92 Å². The van der Waals surface area contributed by atoms with Crippen LogP contribution in [0.4, 0.5) is 0 Å². The maximum atomic E-state index is 11.3. The number of fused-ring (bicyclic) bond motifs is 1. The maximum absolute atomic E-state index is 11.3. The van der Waals surface area contributed by atoms with Crippen molar-refractivity contribution in [3.05, 3.63) is 48.0 Å². The molecule has 4 nitrogen and oxygen atoms in total. The van der Waals surface area contributed by atoms with Crippen LogP contribution < -0.4 is 0 Å². The Kier molecular flexibility index (Phi) is 5.95. The van der Waals surface area contributed by atoms with Crippen LogP contribution in [0.15, 0.2) is 47.6 Å². The van der Waals surface area contributed by atoms with Gasteiger partial charge in [-0.15, -0.1) is 0 Å². The molecular weight excluding hydrogens is 278 g/mol. The molecule has 0 aliphatic carbocycles. The molecule has 0 amide bonds. The topological polar surface area (TPSA) is 58.9 Å². The van der Waals surface area contributed by atoms with Crippen LogP contribution in [0, 0.1) is 0 Å². The van der Waals surface area contributed by atoms with E-state index in [9.17, 15) is 10.0 Å². The second-order valence-corrected chi connectivity index (χ2v) is 5.12. The SMILES string of the molecule is CCOC(=O)CCCC/C(=N\O)c1ccc2ccccc2c1. The second-order valence-electron chi connectivity index (χ2n) is 5.12. The fourth-order valence-electron chi connectivity index (χ4n) is 2.42. The summed E-state index contributed by atoms with van der Waals surface area (Å²) in [6, 6.07) is 14.1. The van der Waals surface area contributed by atoms with Crippen LogP contribution in [0.2, 0.25) is 0 Å². The van der Waals surface area contributed by atoms with Crippen LogP contribution in [0.1, 0.15) is 38.2 Å². The molecule has 2 aromatic carbocycles. The Bertz CT molecular complexity index is 664. The number of oxime groups is 1. The maximum Gasteiger partial charge on any atom is 0.305 e. The smallest absolute Gasteiger partial charge is 0.305 e. The molecule has 0 bridgehead atoms. The predicted molar refractivity (Wildman–Crippen MR) is 87.4 cm³/mol. The number of hydrogen-bond acceptors (Lipinski definition) is 4. The van der Waals surface area contributed by atoms with Crippen molar-refractivity contribution >= 4 is 22.5 Å². The molecule has 0 atom stereocenters. The number of unbranched alkanes of at least 4 members (excludes halogenated alkanes) is 1. The van der Waals surface area contributed by atoms with E-state index in [2.05, 4.69) is 5.16 Å². The predicted octanol–water partition coefficient (Wildman–Crippen LogP) is 4.14. The summed E-state index contributed by atoms with van der Waals surface area (Å²) in [7, 11) is 0. The molecule has 0 saturated carbocycles. The fraction of sp³-hybridized carbons (Fsp3) is 0.333. The number of nitrogens with zero attached hydrogens (tertiary/aromatic N) is 1. The van der Waals surface area contributed by atoms with Crippen LogP contribution in [0.25, 0.3) is 10.8 Å². The van der Waals surface area contributed by atoms with Crippen molar-refractivity contribution in [1.82, 2.24) is 0 Å². The molecule has 0 spiro atoms. The van der Waals surface area contributed by atoms with Crippen LogP contribution >= 0.6 is 0 Å². The molecule has 0 aliphatic rings. The molecule has 22 heavy (non-hydrogen) atoms. The van der Waals surface area contributed by atoms with Gasteiger partial charge in [0.25, 0.3) is 0 Å². The largest absolute Gasteiger partial charge is 0.466 e. The van der Waals surface area contributed by atoms with Gasteiger partial charge in [0.1, 0.15) is 0 Å². The highest BCUT2D eigenvalue weighted by Gasteiger charge is 2.07. The van der Waals surface area contributed by atoms with Gasteiger partial charge in [-0.1, -0.05) is 41.6 Å². The Labute approximate surface area is 130 Å². The summed E-state index contributed by atoms with van der Waals surface area (Å²) in [4.78, 5) is 11.3. The molecule has 0 radical (unpaired) electrons. The fourth-order valence-corrected chi connectivity index (χ4v) is 2.42. The van der Waals surface area contributed by atoms with Crippen molar-refractivity contribution in [1.29, 1.82) is 0 Å². The third-order valence-corrected chi connectivity index (χ3v) is 3.55. The Balaban J connectivity index is 1.94. The summed E-state index contributed by atoms with van der Waals surface area (Å²) >= 11 is 0. The molecule has 4 heteroatoms. The van der Waals surface area contributed by atoms with Gasteiger partial charge in [-0.25, -0.2) is 0 Å². The van der Waals surface area contributed by atoms with Crippen molar-refractivity contribution in [3.8, 4) is 0 Å². The first-order chi connectivity index (χ1) is 10.7. The lowest BCUT2D eigenvalue weighted by atomic mass is 10.0. The van der Waals surface area contributed by atoms with Gasteiger partial charge in [0.05, 0.1) is 12.3 Å². The average molecular weight is 299 g/mol.